The molecule has 2 aromatic carbocycles. The van der Waals surface area contributed by atoms with Crippen LogP contribution in [0.2, 0.25) is 0 Å². The Morgan fingerprint density at radius 1 is 1.14 bits per heavy atom. The first-order valence-corrected chi connectivity index (χ1v) is 7.82. The zero-order valence-electron chi connectivity index (χ0n) is 12.0. The number of benzene rings is 2. The minimum Gasteiger partial charge on any atom is -0.497 e. The number of aryl methyl sites for hydroxylation is 1. The third-order valence-corrected chi connectivity index (χ3v) is 4.40. The van der Waals surface area contributed by atoms with E-state index in [0.29, 0.717) is 5.75 Å². The monoisotopic (exact) mass is 321 g/mol. The van der Waals surface area contributed by atoms with Crippen molar-refractivity contribution in [1.29, 1.82) is 0 Å². The zero-order chi connectivity index (χ0) is 16.3. The number of carbonyl (C=O) groups is 1. The first-order valence-electron chi connectivity index (χ1n) is 6.34. The van der Waals surface area contributed by atoms with E-state index in [4.69, 9.17) is 4.74 Å². The van der Waals surface area contributed by atoms with E-state index in [1.54, 1.807) is 13.0 Å². The van der Waals surface area contributed by atoms with Crippen LogP contribution in [0.15, 0.2) is 47.4 Å². The molecule has 116 valence electrons. The highest BCUT2D eigenvalue weighted by Crippen LogP contribution is 2.22. The molecule has 0 spiro atoms. The summed E-state index contributed by atoms with van der Waals surface area (Å²) in [7, 11) is -2.40. The predicted molar refractivity (Wildman–Crippen MR) is 81.9 cm³/mol. The maximum Gasteiger partial charge on any atom is 0.337 e. The Bertz CT molecular complexity index is 797. The van der Waals surface area contributed by atoms with E-state index in [0.717, 1.165) is 5.56 Å². The lowest BCUT2D eigenvalue weighted by molar-refractivity contribution is 0.0698. The summed E-state index contributed by atoms with van der Waals surface area (Å²) >= 11 is 0. The number of anilines is 1. The molecule has 0 saturated carbocycles. The lowest BCUT2D eigenvalue weighted by atomic mass is 10.1. The van der Waals surface area contributed by atoms with Gasteiger partial charge in [0.2, 0.25) is 0 Å². The molecule has 2 aromatic rings. The van der Waals surface area contributed by atoms with Gasteiger partial charge in [0, 0.05) is 0 Å². The lowest BCUT2D eigenvalue weighted by Crippen LogP contribution is -2.15. The number of nitrogens with one attached hydrogen (secondary N) is 1. The number of hydrogen-bond acceptors (Lipinski definition) is 4. The average Bonchev–Trinajstić information content (AvgIpc) is 2.48. The van der Waals surface area contributed by atoms with E-state index in [1.165, 1.54) is 43.5 Å². The van der Waals surface area contributed by atoms with Crippen molar-refractivity contribution < 1.29 is 23.1 Å². The number of rotatable bonds is 5. The van der Waals surface area contributed by atoms with E-state index < -0.39 is 16.0 Å². The minimum atomic E-state index is -3.88. The van der Waals surface area contributed by atoms with Gasteiger partial charge in [0.1, 0.15) is 5.75 Å². The highest BCUT2D eigenvalue weighted by Gasteiger charge is 2.18. The number of methoxy groups -OCH3 is 1. The van der Waals surface area contributed by atoms with Gasteiger partial charge in [-0.2, -0.15) is 0 Å². The quantitative estimate of drug-likeness (QED) is 0.882. The van der Waals surface area contributed by atoms with Crippen molar-refractivity contribution in [1.82, 2.24) is 0 Å². The second kappa shape index (κ2) is 6.07. The summed E-state index contributed by atoms with van der Waals surface area (Å²) in [6.07, 6.45) is 0. The van der Waals surface area contributed by atoms with E-state index in [2.05, 4.69) is 4.72 Å². The summed E-state index contributed by atoms with van der Waals surface area (Å²) in [5, 5.41) is 9.17. The van der Waals surface area contributed by atoms with Crippen molar-refractivity contribution in [2.75, 3.05) is 11.8 Å². The predicted octanol–water partition coefficient (Wildman–Crippen LogP) is 2.50. The maximum absolute atomic E-state index is 12.3. The number of carboxylic acids is 1. The molecule has 0 heterocycles. The Morgan fingerprint density at radius 2 is 1.77 bits per heavy atom. The van der Waals surface area contributed by atoms with Crippen LogP contribution in [0, 0.1) is 6.92 Å². The third kappa shape index (κ3) is 3.37. The van der Waals surface area contributed by atoms with Crippen LogP contribution in [0.5, 0.6) is 5.75 Å². The lowest BCUT2D eigenvalue weighted by Gasteiger charge is -2.11. The summed E-state index contributed by atoms with van der Waals surface area (Å²) in [6.45, 7) is 1.73. The molecular weight excluding hydrogens is 306 g/mol. The zero-order valence-corrected chi connectivity index (χ0v) is 12.8. The highest BCUT2D eigenvalue weighted by atomic mass is 32.2. The number of ether oxygens (including phenoxy) is 1. The Kier molecular flexibility index (Phi) is 4.37. The molecule has 0 radical (unpaired) electrons. The standard InChI is InChI=1S/C15H15NO5S/c1-10-3-8-14(13(9-10)15(17)18)16-22(19,20)12-6-4-11(21-2)5-7-12/h3-9,16H,1-2H3,(H,17,18). The van der Waals surface area contributed by atoms with Gasteiger partial charge in [-0.15, -0.1) is 0 Å². The fourth-order valence-electron chi connectivity index (χ4n) is 1.88. The molecule has 0 unspecified atom stereocenters. The molecule has 7 heteroatoms. The van der Waals surface area contributed by atoms with Gasteiger partial charge < -0.3 is 9.84 Å². The Balaban J connectivity index is 2.38. The fourth-order valence-corrected chi connectivity index (χ4v) is 2.96. The molecule has 0 aliphatic rings. The fraction of sp³-hybridized carbons (Fsp3) is 0.133. The molecule has 0 saturated heterocycles. The van der Waals surface area contributed by atoms with Crippen LogP contribution < -0.4 is 9.46 Å². The molecule has 2 N–H and O–H groups in total. The first-order chi connectivity index (χ1) is 10.3. The van der Waals surface area contributed by atoms with Crippen LogP contribution in [0.4, 0.5) is 5.69 Å². The number of hydrogen-bond donors (Lipinski definition) is 2. The number of aromatic carboxylic acids is 1. The van der Waals surface area contributed by atoms with Crippen molar-refractivity contribution in [3.8, 4) is 5.75 Å². The molecule has 22 heavy (non-hydrogen) atoms. The topological polar surface area (TPSA) is 92.7 Å². The summed E-state index contributed by atoms with van der Waals surface area (Å²) in [6, 6.07) is 10.3. The van der Waals surface area contributed by atoms with Crippen LogP contribution in [-0.4, -0.2) is 26.6 Å². The Hall–Kier alpha value is -2.54. The van der Waals surface area contributed by atoms with Crippen LogP contribution in [0.3, 0.4) is 0 Å². The van der Waals surface area contributed by atoms with Crippen molar-refractivity contribution in [3.63, 3.8) is 0 Å². The van der Waals surface area contributed by atoms with Gasteiger partial charge in [0.05, 0.1) is 23.3 Å². The van der Waals surface area contributed by atoms with Gasteiger partial charge in [-0.3, -0.25) is 4.72 Å². The number of carboxylic acid groups (broad SMARTS) is 1. The van der Waals surface area contributed by atoms with Crippen LogP contribution in [0.1, 0.15) is 15.9 Å². The van der Waals surface area contributed by atoms with Crippen molar-refractivity contribution in [2.24, 2.45) is 0 Å². The summed E-state index contributed by atoms with van der Waals surface area (Å²) in [4.78, 5) is 11.2. The van der Waals surface area contributed by atoms with Gasteiger partial charge in [0.25, 0.3) is 10.0 Å². The third-order valence-electron chi connectivity index (χ3n) is 3.02. The van der Waals surface area contributed by atoms with Crippen LogP contribution in [0.25, 0.3) is 0 Å². The van der Waals surface area contributed by atoms with Crippen LogP contribution >= 0.6 is 0 Å². The average molecular weight is 321 g/mol. The highest BCUT2D eigenvalue weighted by molar-refractivity contribution is 7.92. The normalized spacial score (nSPS) is 11.0. The van der Waals surface area contributed by atoms with Crippen molar-refractivity contribution in [2.45, 2.75) is 11.8 Å². The second-order valence-electron chi connectivity index (χ2n) is 4.64. The molecule has 0 amide bonds. The second-order valence-corrected chi connectivity index (χ2v) is 6.32. The largest absolute Gasteiger partial charge is 0.497 e. The van der Waals surface area contributed by atoms with Gasteiger partial charge >= 0.3 is 5.97 Å². The molecule has 0 aromatic heterocycles. The number of sulfonamides is 1. The SMILES string of the molecule is COc1ccc(S(=O)(=O)Nc2ccc(C)cc2C(=O)O)cc1. The van der Waals surface area contributed by atoms with Gasteiger partial charge in [-0.05, 0) is 43.3 Å². The minimum absolute atomic E-state index is 0.0187. The molecule has 2 rings (SSSR count). The van der Waals surface area contributed by atoms with E-state index >= 15 is 0 Å². The molecule has 6 nitrogen and oxygen atoms in total. The summed E-state index contributed by atoms with van der Waals surface area (Å²) in [5.41, 5.74) is 0.649. The molecule has 0 fully saturated rings. The molecule has 0 bridgehead atoms. The van der Waals surface area contributed by atoms with Gasteiger partial charge in [-0.1, -0.05) is 11.6 Å². The molecule has 0 aliphatic heterocycles. The molecule has 0 aliphatic carbocycles. The van der Waals surface area contributed by atoms with E-state index in [9.17, 15) is 18.3 Å². The maximum atomic E-state index is 12.3. The van der Waals surface area contributed by atoms with E-state index in [-0.39, 0.29) is 16.1 Å². The smallest absolute Gasteiger partial charge is 0.337 e. The van der Waals surface area contributed by atoms with Gasteiger partial charge in [-0.25, -0.2) is 13.2 Å². The summed E-state index contributed by atoms with van der Waals surface area (Å²) < 4.78 is 31.9. The molecular formula is C15H15NO5S. The van der Waals surface area contributed by atoms with Gasteiger partial charge in [0.15, 0.2) is 0 Å². The van der Waals surface area contributed by atoms with Crippen molar-refractivity contribution in [3.05, 3.63) is 53.6 Å². The molecule has 0 atom stereocenters. The van der Waals surface area contributed by atoms with Crippen LogP contribution in [-0.2, 0) is 10.0 Å². The first kappa shape index (κ1) is 15.8. The summed E-state index contributed by atoms with van der Waals surface area (Å²) in [5.74, 6) is -0.670. The Morgan fingerprint density at radius 3 is 2.32 bits per heavy atom. The van der Waals surface area contributed by atoms with Crippen molar-refractivity contribution >= 4 is 21.7 Å². The Labute approximate surface area is 128 Å². The van der Waals surface area contributed by atoms with E-state index in [1.807, 2.05) is 0 Å².